The van der Waals surface area contributed by atoms with E-state index in [0.717, 1.165) is 0 Å². The molecule has 6 nitrogen and oxygen atoms in total. The zero-order valence-electron chi connectivity index (χ0n) is 12.6. The highest BCUT2D eigenvalue weighted by Crippen LogP contribution is 2.22. The van der Waals surface area contributed by atoms with Crippen LogP contribution >= 0.6 is 11.3 Å². The molecule has 1 N–H and O–H groups in total. The maximum absolute atomic E-state index is 12.4. The number of esters is 1. The summed E-state index contributed by atoms with van der Waals surface area (Å²) >= 11 is 1.42. The second-order valence-electron chi connectivity index (χ2n) is 5.43. The second kappa shape index (κ2) is 6.74. The highest BCUT2D eigenvalue weighted by Gasteiger charge is 2.32. The number of thiophene rings is 1. The van der Waals surface area contributed by atoms with E-state index in [1.165, 1.54) is 35.6 Å². The van der Waals surface area contributed by atoms with E-state index >= 15 is 0 Å². The quantitative estimate of drug-likeness (QED) is 0.822. The third-order valence-corrected chi connectivity index (χ3v) is 6.23. The summed E-state index contributed by atoms with van der Waals surface area (Å²) in [7, 11) is -3.58. The maximum atomic E-state index is 12.4. The van der Waals surface area contributed by atoms with Crippen LogP contribution in [0.3, 0.4) is 0 Å². The van der Waals surface area contributed by atoms with Crippen molar-refractivity contribution in [3.05, 3.63) is 46.7 Å². The van der Waals surface area contributed by atoms with Crippen LogP contribution in [-0.4, -0.2) is 32.7 Å². The van der Waals surface area contributed by atoms with Gasteiger partial charge in [-0.2, -0.15) is 11.3 Å². The van der Waals surface area contributed by atoms with Gasteiger partial charge in [-0.15, -0.1) is 0 Å². The first-order valence-corrected chi connectivity index (χ1v) is 9.88. The Morgan fingerprint density at radius 2 is 2.00 bits per heavy atom. The van der Waals surface area contributed by atoms with Gasteiger partial charge in [-0.25, -0.2) is 8.42 Å². The van der Waals surface area contributed by atoms with Crippen molar-refractivity contribution in [2.45, 2.75) is 11.3 Å². The summed E-state index contributed by atoms with van der Waals surface area (Å²) in [4.78, 5) is 23.5. The van der Waals surface area contributed by atoms with E-state index in [1.807, 2.05) is 0 Å². The largest absolute Gasteiger partial charge is 0.465 e. The molecule has 0 bridgehead atoms. The number of hydrogen-bond acceptors (Lipinski definition) is 6. The summed E-state index contributed by atoms with van der Waals surface area (Å²) in [6, 6.07) is 7.63. The summed E-state index contributed by atoms with van der Waals surface area (Å²) in [5.74, 6) is -1.57. The molecule has 1 aliphatic rings. The topological polar surface area (TPSA) is 89.5 Å². The summed E-state index contributed by atoms with van der Waals surface area (Å²) in [6.07, 6.45) is 0.423. The molecular weight excluding hydrogens is 350 g/mol. The lowest BCUT2D eigenvalue weighted by Gasteiger charge is -2.09. The number of rotatable bonds is 5. The first-order chi connectivity index (χ1) is 11.5. The molecule has 8 heteroatoms. The van der Waals surface area contributed by atoms with Crippen LogP contribution in [0, 0.1) is 5.92 Å². The van der Waals surface area contributed by atoms with E-state index in [-0.39, 0.29) is 23.2 Å². The van der Waals surface area contributed by atoms with Crippen molar-refractivity contribution in [3.63, 3.8) is 0 Å². The Hall–Kier alpha value is -2.19. The van der Waals surface area contributed by atoms with Gasteiger partial charge in [-0.3, -0.25) is 9.59 Å². The Labute approximate surface area is 143 Å². The minimum Gasteiger partial charge on any atom is -0.465 e. The van der Waals surface area contributed by atoms with Gasteiger partial charge >= 0.3 is 5.97 Å². The summed E-state index contributed by atoms with van der Waals surface area (Å²) in [5.41, 5.74) is 1.06. The van der Waals surface area contributed by atoms with Crippen LogP contribution in [0.15, 0.2) is 46.0 Å². The van der Waals surface area contributed by atoms with Gasteiger partial charge in [0.15, 0.2) is 9.84 Å². The fraction of sp³-hybridized carbons (Fsp3) is 0.250. The van der Waals surface area contributed by atoms with Crippen molar-refractivity contribution in [1.29, 1.82) is 0 Å². The van der Waals surface area contributed by atoms with Gasteiger partial charge in [0.1, 0.15) is 0 Å². The van der Waals surface area contributed by atoms with Gasteiger partial charge in [0.05, 0.1) is 28.7 Å². The third-order valence-electron chi connectivity index (χ3n) is 3.72. The van der Waals surface area contributed by atoms with Crippen LogP contribution < -0.4 is 5.32 Å². The minimum absolute atomic E-state index is 0.121. The molecule has 1 saturated heterocycles. The normalized spacial score (nSPS) is 17.5. The molecule has 1 aliphatic heterocycles. The number of nitrogens with one attached hydrogen (secondary N) is 1. The van der Waals surface area contributed by atoms with Crippen LogP contribution in [0.25, 0.3) is 0 Å². The predicted octanol–water partition coefficient (Wildman–Crippen LogP) is 2.34. The molecule has 0 saturated carbocycles. The second-order valence-corrected chi connectivity index (χ2v) is 8.24. The summed E-state index contributed by atoms with van der Waals surface area (Å²) in [6.45, 7) is 0.270. The van der Waals surface area contributed by atoms with Crippen LogP contribution in [-0.2, 0) is 19.4 Å². The van der Waals surface area contributed by atoms with Gasteiger partial charge in [-0.05, 0) is 42.1 Å². The van der Waals surface area contributed by atoms with Crippen LogP contribution in [0.2, 0.25) is 0 Å². The maximum Gasteiger partial charge on any atom is 0.310 e. The zero-order chi connectivity index (χ0) is 17.2. The van der Waals surface area contributed by atoms with Gasteiger partial charge in [0.2, 0.25) is 0 Å². The molecule has 0 radical (unpaired) electrons. The van der Waals surface area contributed by atoms with Gasteiger partial charge < -0.3 is 10.1 Å². The number of anilines is 1. The van der Waals surface area contributed by atoms with Crippen molar-refractivity contribution in [2.24, 2.45) is 5.92 Å². The molecule has 126 valence electrons. The van der Waals surface area contributed by atoms with Crippen molar-refractivity contribution in [1.82, 2.24) is 0 Å². The lowest BCUT2D eigenvalue weighted by Crippen LogP contribution is -2.20. The average Bonchev–Trinajstić information content (AvgIpc) is 3.20. The molecule has 1 aromatic carbocycles. The van der Waals surface area contributed by atoms with Gasteiger partial charge in [0, 0.05) is 11.1 Å². The van der Waals surface area contributed by atoms with Crippen LogP contribution in [0.1, 0.15) is 16.8 Å². The molecule has 1 atom stereocenters. The van der Waals surface area contributed by atoms with E-state index in [9.17, 15) is 18.0 Å². The number of hydrogen-bond donors (Lipinski definition) is 1. The Kier molecular flexibility index (Phi) is 4.68. The molecule has 2 heterocycles. The molecule has 24 heavy (non-hydrogen) atoms. The van der Waals surface area contributed by atoms with Gasteiger partial charge in [-0.1, -0.05) is 0 Å². The smallest absolute Gasteiger partial charge is 0.310 e. The highest BCUT2D eigenvalue weighted by molar-refractivity contribution is 7.91. The monoisotopic (exact) mass is 365 g/mol. The zero-order valence-corrected chi connectivity index (χ0v) is 14.2. The Bertz CT molecular complexity index is 841. The number of sulfone groups is 1. The van der Waals surface area contributed by atoms with Crippen LogP contribution in [0.4, 0.5) is 5.69 Å². The van der Waals surface area contributed by atoms with Gasteiger partial charge in [0.25, 0.3) is 5.91 Å². The fourth-order valence-corrected chi connectivity index (χ4v) is 4.60. The summed E-state index contributed by atoms with van der Waals surface area (Å²) in [5, 5.41) is 6.24. The molecule has 1 amide bonds. The minimum atomic E-state index is -3.58. The lowest BCUT2D eigenvalue weighted by atomic mass is 10.1. The van der Waals surface area contributed by atoms with E-state index in [2.05, 4.69) is 5.32 Å². The third kappa shape index (κ3) is 3.65. The molecule has 1 aromatic heterocycles. The van der Waals surface area contributed by atoms with E-state index in [4.69, 9.17) is 4.74 Å². The SMILES string of the molecule is O=C(Nc1ccc(S(=O)(=O)CC2CCOC2=O)cc1)c1ccsc1. The standard InChI is InChI=1S/C16H15NO5S2/c18-15(11-6-8-23-9-11)17-13-1-3-14(4-2-13)24(20,21)10-12-5-7-22-16(12)19/h1-4,6,8-9,12H,5,7,10H2,(H,17,18). The first kappa shape index (κ1) is 16.7. The van der Waals surface area contributed by atoms with Crippen molar-refractivity contribution in [3.8, 4) is 0 Å². The Morgan fingerprint density at radius 3 is 2.58 bits per heavy atom. The Morgan fingerprint density at radius 1 is 1.25 bits per heavy atom. The number of carbonyl (C=O) groups excluding carboxylic acids is 2. The molecule has 1 unspecified atom stereocenters. The van der Waals surface area contributed by atoms with E-state index in [0.29, 0.717) is 17.7 Å². The molecular formula is C16H15NO5S2. The molecule has 1 fully saturated rings. The Balaban J connectivity index is 1.69. The van der Waals surface area contributed by atoms with E-state index in [1.54, 1.807) is 16.8 Å². The molecule has 2 aromatic rings. The molecule has 0 spiro atoms. The summed E-state index contributed by atoms with van der Waals surface area (Å²) < 4.78 is 29.5. The fourth-order valence-electron chi connectivity index (χ4n) is 2.39. The lowest BCUT2D eigenvalue weighted by molar-refractivity contribution is -0.140. The predicted molar refractivity (Wildman–Crippen MR) is 89.8 cm³/mol. The number of cyclic esters (lactones) is 1. The van der Waals surface area contributed by atoms with Crippen LogP contribution in [0.5, 0.6) is 0 Å². The molecule has 0 aliphatic carbocycles. The average molecular weight is 365 g/mol. The molecule has 3 rings (SSSR count). The number of ether oxygens (including phenoxy) is 1. The van der Waals surface area contributed by atoms with Crippen molar-refractivity contribution in [2.75, 3.05) is 17.7 Å². The highest BCUT2D eigenvalue weighted by atomic mass is 32.2. The first-order valence-electron chi connectivity index (χ1n) is 7.29. The number of amides is 1. The number of carbonyl (C=O) groups is 2. The number of benzene rings is 1. The van der Waals surface area contributed by atoms with E-state index < -0.39 is 21.7 Å². The van der Waals surface area contributed by atoms with Crippen molar-refractivity contribution >= 4 is 38.7 Å². The van der Waals surface area contributed by atoms with Crippen molar-refractivity contribution < 1.29 is 22.7 Å².